The molecule has 1 saturated heterocycles. The van der Waals surface area contributed by atoms with Crippen LogP contribution in [0.25, 0.3) is 11.0 Å². The number of aromatic nitrogens is 2. The summed E-state index contributed by atoms with van der Waals surface area (Å²) in [7, 11) is 0. The normalized spacial score (nSPS) is 14.4. The maximum Gasteiger partial charge on any atom is 0.253 e. The van der Waals surface area contributed by atoms with Gasteiger partial charge in [-0.2, -0.15) is 0 Å². The first kappa shape index (κ1) is 19.5. The Morgan fingerprint density at radius 1 is 0.931 bits per heavy atom. The molecule has 1 aromatic heterocycles. The second-order valence-electron chi connectivity index (χ2n) is 6.96. The molecule has 0 N–H and O–H groups in total. The molecule has 0 radical (unpaired) electrons. The highest BCUT2D eigenvalue weighted by atomic mass is 32.2. The van der Waals surface area contributed by atoms with Gasteiger partial charge < -0.3 is 14.4 Å². The molecule has 29 heavy (non-hydrogen) atoms. The van der Waals surface area contributed by atoms with Crippen LogP contribution in [0.15, 0.2) is 59.8 Å². The SMILES string of the molecule is CCn1c(SCC(=O)N2CCN(C(=O)c3ccccc3)CC2)nc2ccccc21. The molecule has 2 aromatic carbocycles. The summed E-state index contributed by atoms with van der Waals surface area (Å²) in [6, 6.07) is 17.3. The minimum absolute atomic E-state index is 0.0312. The van der Waals surface area contributed by atoms with E-state index < -0.39 is 0 Å². The van der Waals surface area contributed by atoms with E-state index in [4.69, 9.17) is 0 Å². The Kier molecular flexibility index (Phi) is 5.85. The first-order valence-corrected chi connectivity index (χ1v) is 10.9. The second kappa shape index (κ2) is 8.69. The zero-order chi connectivity index (χ0) is 20.2. The molecule has 1 aliphatic heterocycles. The van der Waals surface area contributed by atoms with Crippen LogP contribution in [-0.4, -0.2) is 63.1 Å². The molecule has 0 saturated carbocycles. The molecule has 1 fully saturated rings. The Labute approximate surface area is 174 Å². The number of imidazole rings is 1. The van der Waals surface area contributed by atoms with Gasteiger partial charge in [0, 0.05) is 38.3 Å². The van der Waals surface area contributed by atoms with E-state index in [0.717, 1.165) is 22.7 Å². The predicted molar refractivity (Wildman–Crippen MR) is 115 cm³/mol. The van der Waals surface area contributed by atoms with E-state index in [-0.39, 0.29) is 11.8 Å². The molecule has 0 spiro atoms. The number of nitrogens with zero attached hydrogens (tertiary/aromatic N) is 4. The number of rotatable bonds is 5. The number of thioether (sulfide) groups is 1. The van der Waals surface area contributed by atoms with Crippen molar-refractivity contribution in [3.8, 4) is 0 Å². The maximum absolute atomic E-state index is 12.7. The summed E-state index contributed by atoms with van der Waals surface area (Å²) >= 11 is 1.48. The van der Waals surface area contributed by atoms with Crippen LogP contribution in [0.5, 0.6) is 0 Å². The van der Waals surface area contributed by atoms with Crippen molar-refractivity contribution in [3.63, 3.8) is 0 Å². The van der Waals surface area contributed by atoms with Crippen LogP contribution >= 0.6 is 11.8 Å². The van der Waals surface area contributed by atoms with Gasteiger partial charge in [0.25, 0.3) is 5.91 Å². The molecule has 150 valence electrons. The second-order valence-corrected chi connectivity index (χ2v) is 7.90. The van der Waals surface area contributed by atoms with Gasteiger partial charge in [0.05, 0.1) is 16.8 Å². The van der Waals surface area contributed by atoms with E-state index in [9.17, 15) is 9.59 Å². The number of aryl methyl sites for hydroxylation is 1. The first-order valence-electron chi connectivity index (χ1n) is 9.87. The van der Waals surface area contributed by atoms with Gasteiger partial charge in [-0.05, 0) is 31.2 Å². The fourth-order valence-electron chi connectivity index (χ4n) is 3.61. The highest BCUT2D eigenvalue weighted by molar-refractivity contribution is 7.99. The minimum Gasteiger partial charge on any atom is -0.338 e. The lowest BCUT2D eigenvalue weighted by Crippen LogP contribution is -2.51. The zero-order valence-electron chi connectivity index (χ0n) is 16.5. The van der Waals surface area contributed by atoms with Crippen molar-refractivity contribution in [1.29, 1.82) is 0 Å². The molecule has 1 aliphatic rings. The van der Waals surface area contributed by atoms with Crippen LogP contribution < -0.4 is 0 Å². The van der Waals surface area contributed by atoms with E-state index in [1.165, 1.54) is 11.8 Å². The highest BCUT2D eigenvalue weighted by Crippen LogP contribution is 2.24. The van der Waals surface area contributed by atoms with E-state index >= 15 is 0 Å². The molecular formula is C22H24N4O2S. The number of benzene rings is 2. The van der Waals surface area contributed by atoms with Gasteiger partial charge in [-0.25, -0.2) is 4.98 Å². The standard InChI is InChI=1S/C22H24N4O2S/c1-2-26-19-11-7-6-10-18(19)23-22(26)29-16-20(27)24-12-14-25(15-13-24)21(28)17-8-4-3-5-9-17/h3-11H,2,12-16H2,1H3. The Balaban J connectivity index is 1.33. The summed E-state index contributed by atoms with van der Waals surface area (Å²) in [5.41, 5.74) is 2.75. The third-order valence-electron chi connectivity index (χ3n) is 5.20. The van der Waals surface area contributed by atoms with Crippen LogP contribution in [-0.2, 0) is 11.3 Å². The maximum atomic E-state index is 12.7. The molecule has 6 nitrogen and oxygen atoms in total. The van der Waals surface area contributed by atoms with Crippen LogP contribution in [0.3, 0.4) is 0 Å². The highest BCUT2D eigenvalue weighted by Gasteiger charge is 2.25. The Morgan fingerprint density at radius 2 is 1.59 bits per heavy atom. The Bertz CT molecular complexity index is 1010. The number of carbonyl (C=O) groups excluding carboxylic acids is 2. The van der Waals surface area contributed by atoms with Crippen LogP contribution in [0.2, 0.25) is 0 Å². The van der Waals surface area contributed by atoms with Gasteiger partial charge >= 0.3 is 0 Å². The lowest BCUT2D eigenvalue weighted by molar-refractivity contribution is -0.129. The van der Waals surface area contributed by atoms with Gasteiger partial charge in [-0.1, -0.05) is 42.1 Å². The van der Waals surface area contributed by atoms with Crippen molar-refractivity contribution >= 4 is 34.6 Å². The quantitative estimate of drug-likeness (QED) is 0.609. The molecule has 2 amide bonds. The molecule has 0 bridgehead atoms. The summed E-state index contributed by atoms with van der Waals surface area (Å²) in [4.78, 5) is 33.6. The number of para-hydroxylation sites is 2. The molecule has 7 heteroatoms. The van der Waals surface area contributed by atoms with Crippen molar-refractivity contribution in [1.82, 2.24) is 19.4 Å². The van der Waals surface area contributed by atoms with Crippen molar-refractivity contribution in [3.05, 3.63) is 60.2 Å². The number of hydrogen-bond donors (Lipinski definition) is 0. The summed E-state index contributed by atoms with van der Waals surface area (Å²) in [5.74, 6) is 0.482. The summed E-state index contributed by atoms with van der Waals surface area (Å²) in [6.45, 7) is 5.18. The number of hydrogen-bond acceptors (Lipinski definition) is 4. The van der Waals surface area contributed by atoms with Crippen LogP contribution in [0.1, 0.15) is 17.3 Å². The average molecular weight is 409 g/mol. The van der Waals surface area contributed by atoms with Gasteiger partial charge in [-0.3, -0.25) is 9.59 Å². The fourth-order valence-corrected chi connectivity index (χ4v) is 4.59. The van der Waals surface area contributed by atoms with Crippen molar-refractivity contribution in [2.75, 3.05) is 31.9 Å². The lowest BCUT2D eigenvalue weighted by atomic mass is 10.2. The first-order chi connectivity index (χ1) is 14.2. The molecule has 4 rings (SSSR count). The largest absolute Gasteiger partial charge is 0.338 e. The smallest absolute Gasteiger partial charge is 0.253 e. The van der Waals surface area contributed by atoms with E-state index in [1.807, 2.05) is 58.3 Å². The van der Waals surface area contributed by atoms with Crippen LogP contribution in [0, 0.1) is 0 Å². The van der Waals surface area contributed by atoms with Gasteiger partial charge in [-0.15, -0.1) is 0 Å². The molecule has 2 heterocycles. The topological polar surface area (TPSA) is 58.4 Å². The number of amides is 2. The molecule has 0 unspecified atom stereocenters. The number of fused-ring (bicyclic) bond motifs is 1. The summed E-state index contributed by atoms with van der Waals surface area (Å²) in [5, 5.41) is 0.875. The van der Waals surface area contributed by atoms with Crippen molar-refractivity contribution < 1.29 is 9.59 Å². The predicted octanol–water partition coefficient (Wildman–Crippen LogP) is 3.13. The number of carbonyl (C=O) groups is 2. The molecule has 3 aromatic rings. The average Bonchev–Trinajstić information content (AvgIpc) is 3.15. The summed E-state index contributed by atoms with van der Waals surface area (Å²) in [6.07, 6.45) is 0. The molecular weight excluding hydrogens is 384 g/mol. The number of piperazine rings is 1. The summed E-state index contributed by atoms with van der Waals surface area (Å²) < 4.78 is 2.14. The van der Waals surface area contributed by atoms with E-state index in [2.05, 4.69) is 22.5 Å². The fraction of sp³-hybridized carbons (Fsp3) is 0.318. The third kappa shape index (κ3) is 4.15. The Morgan fingerprint density at radius 3 is 2.31 bits per heavy atom. The minimum atomic E-state index is 0.0312. The molecule has 0 aliphatic carbocycles. The van der Waals surface area contributed by atoms with Crippen molar-refractivity contribution in [2.45, 2.75) is 18.6 Å². The van der Waals surface area contributed by atoms with E-state index in [1.54, 1.807) is 0 Å². The van der Waals surface area contributed by atoms with Crippen molar-refractivity contribution in [2.24, 2.45) is 0 Å². The lowest BCUT2D eigenvalue weighted by Gasteiger charge is -2.34. The van der Waals surface area contributed by atoms with E-state index in [0.29, 0.717) is 37.5 Å². The monoisotopic (exact) mass is 408 g/mol. The zero-order valence-corrected chi connectivity index (χ0v) is 17.3. The van der Waals surface area contributed by atoms with Gasteiger partial charge in [0.15, 0.2) is 5.16 Å². The molecule has 0 atom stereocenters. The van der Waals surface area contributed by atoms with Gasteiger partial charge in [0.2, 0.25) is 5.91 Å². The van der Waals surface area contributed by atoms with Gasteiger partial charge in [0.1, 0.15) is 0 Å². The third-order valence-corrected chi connectivity index (χ3v) is 6.16. The van der Waals surface area contributed by atoms with Crippen LogP contribution in [0.4, 0.5) is 0 Å². The Hall–Kier alpha value is -2.80.